The van der Waals surface area contributed by atoms with Crippen molar-refractivity contribution in [1.29, 1.82) is 0 Å². The van der Waals surface area contributed by atoms with Crippen LogP contribution in [-0.4, -0.2) is 80.5 Å². The smallest absolute Gasteiger partial charge is 0.338 e. The number of esters is 1. The zero-order chi connectivity index (χ0) is 31.0. The number of aliphatic hydroxyl groups excluding tert-OH is 2. The van der Waals surface area contributed by atoms with Gasteiger partial charge in [-0.3, -0.25) is 4.79 Å². The third-order valence-corrected chi connectivity index (χ3v) is 11.5. The van der Waals surface area contributed by atoms with Gasteiger partial charge in [-0.25, -0.2) is 4.79 Å². The van der Waals surface area contributed by atoms with Crippen molar-refractivity contribution in [2.75, 3.05) is 6.61 Å². The summed E-state index contributed by atoms with van der Waals surface area (Å²) in [6.07, 6.45) is -4.39. The van der Waals surface area contributed by atoms with Crippen molar-refractivity contribution in [3.05, 3.63) is 83.9 Å². The first-order chi connectivity index (χ1) is 20.9. The molecule has 6 fully saturated rings. The summed E-state index contributed by atoms with van der Waals surface area (Å²) in [5.74, 6) is -6.07. The zero-order valence-electron chi connectivity index (χ0n) is 24.7. The largest absolute Gasteiger partial charge is 0.455 e. The van der Waals surface area contributed by atoms with E-state index in [-0.39, 0.29) is 6.42 Å². The number of ether oxygens (including phenoxy) is 5. The van der Waals surface area contributed by atoms with Crippen LogP contribution in [0.5, 0.6) is 0 Å². The minimum absolute atomic E-state index is 0.179. The molecule has 10 heteroatoms. The first kappa shape index (κ1) is 28.5. The van der Waals surface area contributed by atoms with Crippen molar-refractivity contribution < 1.29 is 48.6 Å². The topological polar surface area (TPSA) is 144 Å². The average Bonchev–Trinajstić information content (AvgIpc) is 3.65. The number of rotatable bonds is 5. The van der Waals surface area contributed by atoms with E-state index >= 15 is 0 Å². The van der Waals surface area contributed by atoms with Crippen LogP contribution in [0, 0.1) is 23.7 Å². The van der Waals surface area contributed by atoms with Crippen molar-refractivity contribution in [2.24, 2.45) is 23.7 Å². The number of hydrogen-bond acceptors (Lipinski definition) is 10. The number of carbonyl (C=O) groups is 2. The molecule has 3 aliphatic heterocycles. The molecule has 8 rings (SSSR count). The standard InChI is InChI=1S/C34H36O10/c1-17(2)32-25(40-28(37)20-11-7-5-8-12-20)19(4)33-22-15-18(3)24(36)31(22,39)29(38)30(16-35)26(41-30)23(33)27(32)42-34(43-32,44-33)21-13-9-6-10-14-21/h5-14,18-19,22-23,25-27,29,35,38-39H,1,15-16H2,2-4H3/t18-,19-,22-,23+,25+,26+,27-,29-,30+,31-,32+,33+,34-/m1/s1. The summed E-state index contributed by atoms with van der Waals surface area (Å²) in [5.41, 5.74) is -5.52. The van der Waals surface area contributed by atoms with Crippen LogP contribution in [0.4, 0.5) is 0 Å². The monoisotopic (exact) mass is 604 g/mol. The van der Waals surface area contributed by atoms with E-state index in [4.69, 9.17) is 23.7 Å². The number of epoxide rings is 1. The normalized spacial score (nSPS) is 49.5. The second-order valence-electron chi connectivity index (χ2n) is 13.5. The Balaban J connectivity index is 1.40. The number of benzene rings is 2. The van der Waals surface area contributed by atoms with E-state index in [1.807, 2.05) is 25.1 Å². The summed E-state index contributed by atoms with van der Waals surface area (Å²) >= 11 is 0. The maximum absolute atomic E-state index is 13.9. The molecule has 0 aromatic heterocycles. The Morgan fingerprint density at radius 1 is 1.02 bits per heavy atom. The predicted molar refractivity (Wildman–Crippen MR) is 152 cm³/mol. The summed E-state index contributed by atoms with van der Waals surface area (Å²) in [4.78, 5) is 27.6. The fourth-order valence-corrected chi connectivity index (χ4v) is 9.52. The van der Waals surface area contributed by atoms with Crippen LogP contribution in [0.25, 0.3) is 0 Å². The summed E-state index contributed by atoms with van der Waals surface area (Å²) in [5, 5.41) is 34.9. The molecule has 0 unspecified atom stereocenters. The van der Waals surface area contributed by atoms with Crippen molar-refractivity contribution in [3.8, 4) is 0 Å². The SMILES string of the molecule is C=C(C)[C@@]12O[C@@]3(c4ccccc4)O[C@@H]1[C@@H]1[C@@H]4O[C@]4(CO)[C@@H](O)[C@]4(O)C(=O)[C@H](C)C[C@H]4[C@@]1(O3)[C@H](C)[C@@H]2OC(=O)c1ccccc1. The predicted octanol–water partition coefficient (Wildman–Crippen LogP) is 2.25. The van der Waals surface area contributed by atoms with Crippen LogP contribution in [-0.2, 0) is 34.5 Å². The summed E-state index contributed by atoms with van der Waals surface area (Å²) < 4.78 is 33.5. The number of Topliss-reactive ketones (excluding diaryl/α,β-unsaturated/α-hetero) is 1. The van der Waals surface area contributed by atoms with Crippen molar-refractivity contribution in [2.45, 2.75) is 80.0 Å². The number of carbonyl (C=O) groups excluding carboxylic acids is 2. The van der Waals surface area contributed by atoms with E-state index in [0.717, 1.165) is 0 Å². The Bertz CT molecular complexity index is 1560. The Morgan fingerprint density at radius 2 is 1.68 bits per heavy atom. The van der Waals surface area contributed by atoms with E-state index in [1.165, 1.54) is 0 Å². The Labute approximate surface area is 254 Å². The van der Waals surface area contributed by atoms with Crippen molar-refractivity contribution in [1.82, 2.24) is 0 Å². The van der Waals surface area contributed by atoms with Gasteiger partial charge in [-0.05, 0) is 31.1 Å². The molecule has 3 saturated heterocycles. The number of ketones is 1. The molecule has 3 heterocycles. The molecule has 10 nitrogen and oxygen atoms in total. The fraction of sp³-hybridized carbons (Fsp3) is 0.529. The summed E-state index contributed by atoms with van der Waals surface area (Å²) in [6.45, 7) is 9.02. The molecule has 2 aromatic rings. The Kier molecular flexibility index (Phi) is 5.73. The molecule has 2 aromatic carbocycles. The van der Waals surface area contributed by atoms with E-state index in [1.54, 1.807) is 56.3 Å². The highest BCUT2D eigenvalue weighted by molar-refractivity contribution is 5.93. The second kappa shape index (κ2) is 8.85. The lowest BCUT2D eigenvalue weighted by Crippen LogP contribution is -2.76. The third-order valence-electron chi connectivity index (χ3n) is 11.5. The lowest BCUT2D eigenvalue weighted by Gasteiger charge is -2.61. The first-order valence-electron chi connectivity index (χ1n) is 15.2. The van der Waals surface area contributed by atoms with Gasteiger partial charge in [-0.1, -0.05) is 69.0 Å². The Morgan fingerprint density at radius 3 is 2.32 bits per heavy atom. The zero-order valence-corrected chi connectivity index (χ0v) is 24.7. The van der Waals surface area contributed by atoms with Gasteiger partial charge >= 0.3 is 11.9 Å². The summed E-state index contributed by atoms with van der Waals surface area (Å²) in [7, 11) is 0. The Hall–Kier alpha value is -2.96. The highest BCUT2D eigenvalue weighted by atomic mass is 16.9. The maximum atomic E-state index is 13.9. The minimum atomic E-state index is -2.33. The average molecular weight is 605 g/mol. The van der Waals surface area contributed by atoms with Gasteiger partial charge in [-0.15, -0.1) is 0 Å². The molecule has 3 N–H and O–H groups in total. The minimum Gasteiger partial charge on any atom is -0.455 e. The molecule has 3 saturated carbocycles. The van der Waals surface area contributed by atoms with E-state index in [0.29, 0.717) is 16.7 Å². The van der Waals surface area contributed by atoms with Gasteiger partial charge < -0.3 is 39.0 Å². The van der Waals surface area contributed by atoms with Crippen LogP contribution >= 0.6 is 0 Å². The second-order valence-corrected chi connectivity index (χ2v) is 13.5. The molecule has 232 valence electrons. The van der Waals surface area contributed by atoms with Crippen LogP contribution < -0.4 is 0 Å². The molecule has 44 heavy (non-hydrogen) atoms. The molecular formula is C34H36O10. The molecule has 0 spiro atoms. The highest BCUT2D eigenvalue weighted by Crippen LogP contribution is 2.74. The number of fused-ring (bicyclic) bond motifs is 3. The van der Waals surface area contributed by atoms with Gasteiger partial charge in [0.25, 0.3) is 0 Å². The van der Waals surface area contributed by atoms with Gasteiger partial charge in [0.05, 0.1) is 17.8 Å². The number of hydrogen-bond donors (Lipinski definition) is 3. The quantitative estimate of drug-likeness (QED) is 0.264. The lowest BCUT2D eigenvalue weighted by atomic mass is 9.52. The van der Waals surface area contributed by atoms with Gasteiger partial charge in [0.1, 0.15) is 30.0 Å². The lowest BCUT2D eigenvalue weighted by molar-refractivity contribution is -0.443. The maximum Gasteiger partial charge on any atom is 0.338 e. The molecule has 3 bridgehead atoms. The van der Waals surface area contributed by atoms with E-state index in [9.17, 15) is 24.9 Å². The molecule has 0 radical (unpaired) electrons. The van der Waals surface area contributed by atoms with Crippen LogP contribution in [0.2, 0.25) is 0 Å². The van der Waals surface area contributed by atoms with E-state index in [2.05, 4.69) is 6.58 Å². The number of aliphatic hydroxyl groups is 3. The fourth-order valence-electron chi connectivity index (χ4n) is 9.52. The van der Waals surface area contributed by atoms with Crippen molar-refractivity contribution >= 4 is 11.8 Å². The van der Waals surface area contributed by atoms with Crippen LogP contribution in [0.15, 0.2) is 72.8 Å². The summed E-state index contributed by atoms with van der Waals surface area (Å²) in [6, 6.07) is 17.7. The van der Waals surface area contributed by atoms with Gasteiger partial charge in [-0.2, -0.15) is 0 Å². The van der Waals surface area contributed by atoms with E-state index < -0.39 is 94.8 Å². The van der Waals surface area contributed by atoms with Crippen LogP contribution in [0.3, 0.4) is 0 Å². The third kappa shape index (κ3) is 3.05. The van der Waals surface area contributed by atoms with Gasteiger partial charge in [0.2, 0.25) is 0 Å². The molecule has 6 aliphatic rings. The molecule has 0 amide bonds. The molecule has 13 atom stereocenters. The molecular weight excluding hydrogens is 568 g/mol. The van der Waals surface area contributed by atoms with Crippen molar-refractivity contribution in [3.63, 3.8) is 0 Å². The van der Waals surface area contributed by atoms with Gasteiger partial charge in [0.15, 0.2) is 17.0 Å². The van der Waals surface area contributed by atoms with Crippen LogP contribution in [0.1, 0.15) is 43.1 Å². The molecule has 3 aliphatic carbocycles. The van der Waals surface area contributed by atoms with Gasteiger partial charge in [0, 0.05) is 29.2 Å². The highest BCUT2D eigenvalue weighted by Gasteiger charge is 2.91. The first-order valence-corrected chi connectivity index (χ1v) is 15.2.